The zero-order valence-electron chi connectivity index (χ0n) is 12.8. The van der Waals surface area contributed by atoms with Gasteiger partial charge in [0, 0.05) is 22.8 Å². The Labute approximate surface area is 145 Å². The van der Waals surface area contributed by atoms with Gasteiger partial charge >= 0.3 is 6.61 Å². The Hall–Kier alpha value is -2.06. The predicted octanol–water partition coefficient (Wildman–Crippen LogP) is 3.94. The van der Waals surface area contributed by atoms with E-state index in [-0.39, 0.29) is 11.8 Å². The first-order valence-corrected chi connectivity index (χ1v) is 8.10. The quantitative estimate of drug-likeness (QED) is 0.685. The fourth-order valence-corrected chi connectivity index (χ4v) is 2.82. The molecular weight excluding hydrogens is 382 g/mol. The van der Waals surface area contributed by atoms with E-state index >= 15 is 0 Å². The summed E-state index contributed by atoms with van der Waals surface area (Å²) >= 11 is 3.34. The first-order valence-electron chi connectivity index (χ1n) is 7.31. The van der Waals surface area contributed by atoms with Crippen molar-refractivity contribution in [3.63, 3.8) is 0 Å². The number of benzene rings is 1. The van der Waals surface area contributed by atoms with Crippen LogP contribution < -0.4 is 10.1 Å². The van der Waals surface area contributed by atoms with Crippen molar-refractivity contribution in [3.05, 3.63) is 58.5 Å². The highest BCUT2D eigenvalue weighted by molar-refractivity contribution is 9.10. The topological polar surface area (TPSA) is 51.5 Å². The number of hydrogen-bond acceptors (Lipinski definition) is 4. The molecule has 126 valence electrons. The number of nitrogens with one attached hydrogen (secondary N) is 1. The van der Waals surface area contributed by atoms with Crippen LogP contribution in [-0.4, -0.2) is 21.2 Å². The number of pyridine rings is 1. The minimum absolute atomic E-state index is 0.124. The van der Waals surface area contributed by atoms with Gasteiger partial charge in [0.1, 0.15) is 5.75 Å². The van der Waals surface area contributed by atoms with E-state index in [1.54, 1.807) is 12.1 Å². The SMILES string of the molecule is CC(NCc1cc(Br)ccc1OC(F)F)c1nnc2ccccn12. The van der Waals surface area contributed by atoms with Crippen LogP contribution in [0.4, 0.5) is 8.78 Å². The lowest BCUT2D eigenvalue weighted by atomic mass is 10.2. The fourth-order valence-electron chi connectivity index (χ4n) is 2.41. The third-order valence-electron chi connectivity index (χ3n) is 3.56. The molecule has 2 aromatic heterocycles. The average molecular weight is 397 g/mol. The maximum Gasteiger partial charge on any atom is 0.387 e. The van der Waals surface area contributed by atoms with Crippen LogP contribution in [0.15, 0.2) is 47.1 Å². The van der Waals surface area contributed by atoms with Crippen LogP contribution >= 0.6 is 15.9 Å². The molecule has 0 aliphatic carbocycles. The molecule has 2 heterocycles. The highest BCUT2D eigenvalue weighted by Crippen LogP contribution is 2.25. The van der Waals surface area contributed by atoms with Crippen molar-refractivity contribution in [2.75, 3.05) is 0 Å². The van der Waals surface area contributed by atoms with Gasteiger partial charge < -0.3 is 10.1 Å². The van der Waals surface area contributed by atoms with E-state index in [1.165, 1.54) is 6.07 Å². The van der Waals surface area contributed by atoms with Gasteiger partial charge in [0.05, 0.1) is 6.04 Å². The first-order chi connectivity index (χ1) is 11.5. The molecule has 1 N–H and O–H groups in total. The van der Waals surface area contributed by atoms with Crippen LogP contribution in [-0.2, 0) is 6.54 Å². The van der Waals surface area contributed by atoms with E-state index in [2.05, 4.69) is 36.2 Å². The zero-order valence-corrected chi connectivity index (χ0v) is 14.4. The second kappa shape index (κ2) is 7.23. The van der Waals surface area contributed by atoms with E-state index in [1.807, 2.05) is 35.7 Å². The molecule has 3 rings (SSSR count). The summed E-state index contributed by atoms with van der Waals surface area (Å²) in [5.74, 6) is 0.899. The molecule has 1 atom stereocenters. The van der Waals surface area contributed by atoms with Gasteiger partial charge in [-0.2, -0.15) is 8.78 Å². The Bertz CT molecular complexity index is 840. The van der Waals surface area contributed by atoms with Crippen molar-refractivity contribution in [3.8, 4) is 5.75 Å². The number of fused-ring (bicyclic) bond motifs is 1. The first kappa shape index (κ1) is 16.8. The second-order valence-electron chi connectivity index (χ2n) is 5.22. The van der Waals surface area contributed by atoms with Crippen molar-refractivity contribution in [1.29, 1.82) is 0 Å². The molecule has 0 saturated carbocycles. The average Bonchev–Trinajstić information content (AvgIpc) is 2.98. The normalized spacial score (nSPS) is 12.7. The van der Waals surface area contributed by atoms with Crippen molar-refractivity contribution < 1.29 is 13.5 Å². The smallest absolute Gasteiger partial charge is 0.387 e. The molecule has 24 heavy (non-hydrogen) atoms. The number of nitrogens with zero attached hydrogens (tertiary/aromatic N) is 3. The monoisotopic (exact) mass is 396 g/mol. The molecule has 1 unspecified atom stereocenters. The van der Waals surface area contributed by atoms with Gasteiger partial charge in [0.25, 0.3) is 0 Å². The summed E-state index contributed by atoms with van der Waals surface area (Å²) in [6, 6.07) is 10.5. The largest absolute Gasteiger partial charge is 0.434 e. The van der Waals surface area contributed by atoms with Gasteiger partial charge in [0.15, 0.2) is 11.5 Å². The number of ether oxygens (including phenoxy) is 1. The van der Waals surface area contributed by atoms with Crippen LogP contribution in [0.25, 0.3) is 5.65 Å². The summed E-state index contributed by atoms with van der Waals surface area (Å²) in [5, 5.41) is 11.6. The maximum atomic E-state index is 12.5. The van der Waals surface area contributed by atoms with Gasteiger partial charge in [-0.3, -0.25) is 4.40 Å². The highest BCUT2D eigenvalue weighted by Gasteiger charge is 2.15. The second-order valence-corrected chi connectivity index (χ2v) is 6.14. The Balaban J connectivity index is 1.76. The summed E-state index contributed by atoms with van der Waals surface area (Å²) in [7, 11) is 0. The predicted molar refractivity (Wildman–Crippen MR) is 89.0 cm³/mol. The molecular formula is C16H15BrF2N4O. The number of aromatic nitrogens is 3. The molecule has 5 nitrogen and oxygen atoms in total. The van der Waals surface area contributed by atoms with Gasteiger partial charge in [0.2, 0.25) is 0 Å². The van der Waals surface area contributed by atoms with Crippen LogP contribution in [0, 0.1) is 0 Å². The molecule has 0 fully saturated rings. The lowest BCUT2D eigenvalue weighted by molar-refractivity contribution is -0.0505. The molecule has 3 aromatic rings. The van der Waals surface area contributed by atoms with Crippen molar-refractivity contribution in [2.45, 2.75) is 26.1 Å². The van der Waals surface area contributed by atoms with Crippen LogP contribution in [0.5, 0.6) is 5.75 Å². The van der Waals surface area contributed by atoms with Gasteiger partial charge in [-0.15, -0.1) is 10.2 Å². The van der Waals surface area contributed by atoms with Crippen LogP contribution in [0.2, 0.25) is 0 Å². The molecule has 0 spiro atoms. The number of hydrogen-bond donors (Lipinski definition) is 1. The van der Waals surface area contributed by atoms with E-state index in [9.17, 15) is 8.78 Å². The third kappa shape index (κ3) is 3.70. The molecule has 0 amide bonds. The summed E-state index contributed by atoms with van der Waals surface area (Å²) in [4.78, 5) is 0. The summed E-state index contributed by atoms with van der Waals surface area (Å²) in [6.45, 7) is -0.567. The summed E-state index contributed by atoms with van der Waals surface area (Å²) in [5.41, 5.74) is 1.38. The van der Waals surface area contributed by atoms with Crippen molar-refractivity contribution in [1.82, 2.24) is 19.9 Å². The van der Waals surface area contributed by atoms with E-state index < -0.39 is 6.61 Å². The molecule has 8 heteroatoms. The summed E-state index contributed by atoms with van der Waals surface area (Å²) < 4.78 is 32.3. The Kier molecular flexibility index (Phi) is 5.06. The van der Waals surface area contributed by atoms with Gasteiger partial charge in [-0.1, -0.05) is 22.0 Å². The Morgan fingerprint density at radius 1 is 1.25 bits per heavy atom. The van der Waals surface area contributed by atoms with Crippen LogP contribution in [0.3, 0.4) is 0 Å². The number of halogens is 3. The Morgan fingerprint density at radius 2 is 2.08 bits per heavy atom. The maximum absolute atomic E-state index is 12.5. The molecule has 0 radical (unpaired) electrons. The number of alkyl halides is 2. The molecule has 0 aliphatic rings. The van der Waals surface area contributed by atoms with Crippen LogP contribution in [0.1, 0.15) is 24.4 Å². The van der Waals surface area contributed by atoms with Gasteiger partial charge in [-0.25, -0.2) is 0 Å². The van der Waals surface area contributed by atoms with E-state index in [4.69, 9.17) is 0 Å². The number of rotatable bonds is 6. The lowest BCUT2D eigenvalue weighted by Gasteiger charge is -2.15. The third-order valence-corrected chi connectivity index (χ3v) is 4.06. The van der Waals surface area contributed by atoms with Crippen molar-refractivity contribution >= 4 is 21.6 Å². The zero-order chi connectivity index (χ0) is 17.1. The Morgan fingerprint density at radius 3 is 2.88 bits per heavy atom. The van der Waals surface area contributed by atoms with E-state index in [0.717, 1.165) is 15.9 Å². The summed E-state index contributed by atoms with van der Waals surface area (Å²) in [6.07, 6.45) is 1.88. The lowest BCUT2D eigenvalue weighted by Crippen LogP contribution is -2.21. The molecule has 0 saturated heterocycles. The molecule has 0 bridgehead atoms. The minimum atomic E-state index is -2.86. The van der Waals surface area contributed by atoms with Crippen molar-refractivity contribution in [2.24, 2.45) is 0 Å². The standard InChI is InChI=1S/C16H15BrF2N4O/c1-10(15-22-21-14-4-2-3-7-23(14)15)20-9-11-8-12(17)5-6-13(11)24-16(18)19/h2-8,10,16,20H,9H2,1H3. The molecule has 0 aliphatic heterocycles. The van der Waals surface area contributed by atoms with E-state index in [0.29, 0.717) is 12.1 Å². The molecule has 1 aromatic carbocycles. The highest BCUT2D eigenvalue weighted by atomic mass is 79.9. The fraction of sp³-hybridized carbons (Fsp3) is 0.250. The minimum Gasteiger partial charge on any atom is -0.434 e. The van der Waals surface area contributed by atoms with Gasteiger partial charge in [-0.05, 0) is 37.3 Å².